The summed E-state index contributed by atoms with van der Waals surface area (Å²) in [6.45, 7) is 0. The standard InChI is InChI=1S/C25H21P2.ClH.Pd/c1-5-13-22(14-6-1)26(23-15-7-2-8-16-23)21-27(24-17-9-3-10-18-24)25-19-11-4-12-20-25;;/h1-21H;1H;/q;;+1/p-1. The van der Waals surface area contributed by atoms with Gasteiger partial charge in [-0.15, -0.1) is 0 Å². The molecule has 0 N–H and O–H groups in total. The summed E-state index contributed by atoms with van der Waals surface area (Å²) in [6.07, 6.45) is 0. The summed E-state index contributed by atoms with van der Waals surface area (Å²) in [5.41, 5.74) is 0. The maximum absolute atomic E-state index is 6.84. The quantitative estimate of drug-likeness (QED) is 0.212. The van der Waals surface area contributed by atoms with Crippen molar-refractivity contribution in [3.63, 3.8) is 0 Å². The van der Waals surface area contributed by atoms with Crippen LogP contribution in [0.2, 0.25) is 0 Å². The van der Waals surface area contributed by atoms with Gasteiger partial charge in [-0.1, -0.05) is 0 Å². The molecule has 4 aromatic carbocycles. The number of benzene rings is 4. The minimum absolute atomic E-state index is 0.111. The molecule has 0 nitrogen and oxygen atoms in total. The van der Waals surface area contributed by atoms with Crippen LogP contribution in [0.5, 0.6) is 0 Å². The molecule has 0 bridgehead atoms. The van der Waals surface area contributed by atoms with Crippen molar-refractivity contribution >= 4 is 46.6 Å². The predicted octanol–water partition coefficient (Wildman–Crippen LogP) is 5.77. The van der Waals surface area contributed by atoms with Gasteiger partial charge in [0.1, 0.15) is 0 Å². The Balaban J connectivity index is 1.88. The van der Waals surface area contributed by atoms with E-state index < -0.39 is 15.8 Å². The summed E-state index contributed by atoms with van der Waals surface area (Å²) in [5.74, 6) is 0. The van der Waals surface area contributed by atoms with Crippen LogP contribution in [-0.4, -0.2) is 3.87 Å². The zero-order valence-electron chi connectivity index (χ0n) is 15.7. The van der Waals surface area contributed by atoms with Gasteiger partial charge in [-0.2, -0.15) is 0 Å². The Hall–Kier alpha value is -1.31. The molecule has 4 rings (SSSR count). The summed E-state index contributed by atoms with van der Waals surface area (Å²) in [4.78, 5) is 0. The van der Waals surface area contributed by atoms with Crippen molar-refractivity contribution in [1.82, 2.24) is 0 Å². The van der Waals surface area contributed by atoms with Gasteiger partial charge in [-0.05, 0) is 0 Å². The predicted molar refractivity (Wildman–Crippen MR) is 128 cm³/mol. The Morgan fingerprint density at radius 2 is 0.690 bits per heavy atom. The first-order valence-corrected chi connectivity index (χ1v) is 15.1. The fraction of sp³-hybridized carbons (Fsp3) is 0.0400. The van der Waals surface area contributed by atoms with Crippen LogP contribution in [0.15, 0.2) is 121 Å². The van der Waals surface area contributed by atoms with E-state index in [0.29, 0.717) is 3.87 Å². The summed E-state index contributed by atoms with van der Waals surface area (Å²) < 4.78 is 0.394. The average Bonchev–Trinajstić information content (AvgIpc) is 2.81. The zero-order valence-corrected chi connectivity index (χ0v) is 19.8. The van der Waals surface area contributed by atoms with Crippen molar-refractivity contribution < 1.29 is 17.0 Å². The van der Waals surface area contributed by atoms with Crippen molar-refractivity contribution in [2.24, 2.45) is 0 Å². The monoisotopic (exact) mass is 524 g/mol. The Morgan fingerprint density at radius 3 is 0.897 bits per heavy atom. The Kier molecular flexibility index (Phi) is 7.68. The molecule has 0 aromatic heterocycles. The molecule has 148 valence electrons. The fourth-order valence-electron chi connectivity index (χ4n) is 3.28. The number of rotatable bonds is 7. The van der Waals surface area contributed by atoms with Crippen LogP contribution in [0.3, 0.4) is 0 Å². The van der Waals surface area contributed by atoms with Gasteiger partial charge in [0, 0.05) is 0 Å². The maximum atomic E-state index is 6.84. The van der Waals surface area contributed by atoms with E-state index in [1.165, 1.54) is 21.2 Å². The van der Waals surface area contributed by atoms with Gasteiger partial charge in [0.25, 0.3) is 0 Å². The molecule has 0 unspecified atom stereocenters. The Morgan fingerprint density at radius 1 is 0.448 bits per heavy atom. The molecule has 0 aliphatic heterocycles. The van der Waals surface area contributed by atoms with E-state index >= 15 is 0 Å². The normalized spacial score (nSPS) is 11.4. The van der Waals surface area contributed by atoms with Crippen molar-refractivity contribution in [2.45, 2.75) is 3.87 Å². The van der Waals surface area contributed by atoms with Gasteiger partial charge in [-0.25, -0.2) is 0 Å². The molecule has 0 amide bonds. The molecule has 0 aliphatic rings. The number of hydrogen-bond donors (Lipinski definition) is 0. The van der Waals surface area contributed by atoms with Gasteiger partial charge in [0.05, 0.1) is 0 Å². The van der Waals surface area contributed by atoms with Crippen LogP contribution in [0.1, 0.15) is 0 Å². The molecule has 0 saturated carbocycles. The van der Waals surface area contributed by atoms with Crippen LogP contribution in [0, 0.1) is 0 Å². The third-order valence-electron chi connectivity index (χ3n) is 4.59. The van der Waals surface area contributed by atoms with E-state index in [0.717, 1.165) is 0 Å². The van der Waals surface area contributed by atoms with E-state index in [4.69, 9.17) is 9.53 Å². The minimum atomic E-state index is -0.582. The van der Waals surface area contributed by atoms with Crippen LogP contribution < -0.4 is 21.2 Å². The second-order valence-corrected chi connectivity index (χ2v) is 14.8. The van der Waals surface area contributed by atoms with E-state index in [9.17, 15) is 0 Å². The zero-order chi connectivity index (χ0) is 19.9. The summed E-state index contributed by atoms with van der Waals surface area (Å²) >= 11 is 0.111. The third-order valence-corrected chi connectivity index (χ3v) is 15.8. The van der Waals surface area contributed by atoms with Crippen molar-refractivity contribution in [3.8, 4) is 0 Å². The molecular formula is C25H21ClP2Pd. The summed E-state index contributed by atoms with van der Waals surface area (Å²) in [6, 6.07) is 43.8. The van der Waals surface area contributed by atoms with Crippen molar-refractivity contribution in [3.05, 3.63) is 121 Å². The molecule has 0 radical (unpaired) electrons. The Bertz CT molecular complexity index is 836. The molecule has 0 heterocycles. The first kappa shape index (κ1) is 20.9. The molecule has 0 saturated heterocycles. The first-order valence-electron chi connectivity index (χ1n) is 9.36. The third kappa shape index (κ3) is 5.06. The second kappa shape index (κ2) is 10.6. The second-order valence-electron chi connectivity index (χ2n) is 6.43. The molecule has 4 aromatic rings. The molecule has 0 aliphatic carbocycles. The van der Waals surface area contributed by atoms with Crippen LogP contribution in [0.4, 0.5) is 0 Å². The van der Waals surface area contributed by atoms with Crippen molar-refractivity contribution in [1.29, 1.82) is 0 Å². The topological polar surface area (TPSA) is 0 Å². The van der Waals surface area contributed by atoms with Gasteiger partial charge in [0.15, 0.2) is 0 Å². The summed E-state index contributed by atoms with van der Waals surface area (Å²) in [7, 11) is 5.68. The molecule has 4 heteroatoms. The van der Waals surface area contributed by atoms with Crippen LogP contribution >= 0.6 is 25.4 Å². The number of hydrogen-bond acceptors (Lipinski definition) is 0. The van der Waals surface area contributed by atoms with E-state index in [2.05, 4.69) is 121 Å². The SMILES string of the molecule is [Cl][Pd][CH](P(c1ccccc1)c1ccccc1)P(c1ccccc1)c1ccccc1. The number of halogens is 1. The van der Waals surface area contributed by atoms with E-state index in [-0.39, 0.29) is 17.0 Å². The van der Waals surface area contributed by atoms with Gasteiger partial charge in [-0.3, -0.25) is 0 Å². The first-order chi connectivity index (χ1) is 14.4. The molecule has 0 fully saturated rings. The molecule has 29 heavy (non-hydrogen) atoms. The van der Waals surface area contributed by atoms with E-state index in [1.807, 2.05) is 0 Å². The average molecular weight is 525 g/mol. The van der Waals surface area contributed by atoms with Gasteiger partial charge < -0.3 is 0 Å². The fourth-order valence-corrected chi connectivity index (χ4v) is 15.3. The Labute approximate surface area is 188 Å². The summed E-state index contributed by atoms with van der Waals surface area (Å²) in [5, 5.41) is 5.60. The van der Waals surface area contributed by atoms with Gasteiger partial charge in [0.2, 0.25) is 0 Å². The molecule has 0 spiro atoms. The van der Waals surface area contributed by atoms with Crippen LogP contribution in [0.25, 0.3) is 0 Å². The molecular weight excluding hydrogens is 504 g/mol. The van der Waals surface area contributed by atoms with Gasteiger partial charge >= 0.3 is 189 Å². The van der Waals surface area contributed by atoms with Crippen molar-refractivity contribution in [2.75, 3.05) is 0 Å². The molecule has 0 atom stereocenters. The van der Waals surface area contributed by atoms with Crippen LogP contribution in [-0.2, 0) is 17.0 Å². The van der Waals surface area contributed by atoms with E-state index in [1.54, 1.807) is 0 Å².